The van der Waals surface area contributed by atoms with Crippen LogP contribution >= 0.6 is 15.9 Å². The van der Waals surface area contributed by atoms with Crippen LogP contribution in [0.4, 0.5) is 4.39 Å². The smallest absolute Gasteiger partial charge is 0.326 e. The lowest BCUT2D eigenvalue weighted by Crippen LogP contribution is -2.42. The van der Waals surface area contributed by atoms with Gasteiger partial charge in [-0.25, -0.2) is 9.18 Å². The molecular formula is C12H11BrFNO3. The molecule has 2 rings (SSSR count). The molecule has 2 N–H and O–H groups in total. The molecule has 18 heavy (non-hydrogen) atoms. The zero-order valence-corrected chi connectivity index (χ0v) is 10.9. The number of hydrogen-bond donors (Lipinski definition) is 2. The van der Waals surface area contributed by atoms with Crippen molar-refractivity contribution >= 4 is 27.8 Å². The number of aliphatic carboxylic acids is 1. The number of carbonyl (C=O) groups excluding carboxylic acids is 1. The van der Waals surface area contributed by atoms with Gasteiger partial charge in [0.05, 0.1) is 5.56 Å². The van der Waals surface area contributed by atoms with E-state index in [4.69, 9.17) is 5.11 Å². The number of halogens is 2. The van der Waals surface area contributed by atoms with Gasteiger partial charge in [-0.3, -0.25) is 4.79 Å². The Hall–Kier alpha value is -1.43. The first-order valence-electron chi connectivity index (χ1n) is 5.48. The molecule has 0 bridgehead atoms. The van der Waals surface area contributed by atoms with Crippen LogP contribution in [0.15, 0.2) is 22.7 Å². The van der Waals surface area contributed by atoms with E-state index in [1.165, 1.54) is 12.1 Å². The quantitative estimate of drug-likeness (QED) is 0.895. The summed E-state index contributed by atoms with van der Waals surface area (Å²) in [5, 5.41) is 11.4. The summed E-state index contributed by atoms with van der Waals surface area (Å²) in [4.78, 5) is 22.9. The molecule has 1 aromatic rings. The molecule has 4 nitrogen and oxygen atoms in total. The zero-order valence-electron chi connectivity index (χ0n) is 9.32. The average Bonchev–Trinajstić information content (AvgIpc) is 3.09. The van der Waals surface area contributed by atoms with Gasteiger partial charge in [-0.15, -0.1) is 0 Å². The first-order valence-corrected chi connectivity index (χ1v) is 6.27. The van der Waals surface area contributed by atoms with E-state index in [9.17, 15) is 14.0 Å². The summed E-state index contributed by atoms with van der Waals surface area (Å²) in [6.45, 7) is 0. The van der Waals surface area contributed by atoms with Crippen LogP contribution in [-0.4, -0.2) is 23.0 Å². The third kappa shape index (κ3) is 2.69. The van der Waals surface area contributed by atoms with Crippen molar-refractivity contribution < 1.29 is 19.1 Å². The van der Waals surface area contributed by atoms with Crippen molar-refractivity contribution in [1.29, 1.82) is 0 Å². The minimum absolute atomic E-state index is 0.0444. The van der Waals surface area contributed by atoms with Crippen LogP contribution in [0.3, 0.4) is 0 Å². The van der Waals surface area contributed by atoms with E-state index in [1.54, 1.807) is 0 Å². The molecule has 1 aromatic carbocycles. The van der Waals surface area contributed by atoms with Crippen LogP contribution in [0.25, 0.3) is 0 Å². The molecule has 1 fully saturated rings. The van der Waals surface area contributed by atoms with Crippen LogP contribution < -0.4 is 5.32 Å². The Morgan fingerprint density at radius 1 is 1.44 bits per heavy atom. The SMILES string of the molecule is O=C(NC(C(=O)O)C1CC1)c1c(F)cccc1Br. The molecule has 96 valence electrons. The predicted molar refractivity (Wildman–Crippen MR) is 65.7 cm³/mol. The standard InChI is InChI=1S/C12H11BrFNO3/c13-7-2-1-3-8(14)9(7)11(16)15-10(12(17)18)6-4-5-6/h1-3,6,10H,4-5H2,(H,15,16)(H,17,18). The lowest BCUT2D eigenvalue weighted by molar-refractivity contribution is -0.139. The minimum atomic E-state index is -1.08. The molecule has 0 saturated heterocycles. The molecule has 0 aliphatic heterocycles. The van der Waals surface area contributed by atoms with Crippen LogP contribution in [-0.2, 0) is 4.79 Å². The van der Waals surface area contributed by atoms with Crippen LogP contribution in [0.5, 0.6) is 0 Å². The summed E-state index contributed by atoms with van der Waals surface area (Å²) < 4.78 is 13.8. The topological polar surface area (TPSA) is 66.4 Å². The molecule has 1 unspecified atom stereocenters. The first-order chi connectivity index (χ1) is 8.50. The highest BCUT2D eigenvalue weighted by Gasteiger charge is 2.37. The number of carboxylic acids is 1. The van der Waals surface area contributed by atoms with E-state index in [2.05, 4.69) is 21.2 Å². The maximum atomic E-state index is 13.5. The van der Waals surface area contributed by atoms with Gasteiger partial charge in [0.2, 0.25) is 0 Å². The van der Waals surface area contributed by atoms with Gasteiger partial charge in [0, 0.05) is 4.47 Å². The maximum Gasteiger partial charge on any atom is 0.326 e. The molecule has 1 aliphatic rings. The van der Waals surface area contributed by atoms with E-state index in [0.29, 0.717) is 4.47 Å². The molecule has 0 aromatic heterocycles. The third-order valence-corrected chi connectivity index (χ3v) is 3.50. The molecule has 0 heterocycles. The molecular weight excluding hydrogens is 305 g/mol. The predicted octanol–water partition coefficient (Wildman–Crippen LogP) is 2.18. The van der Waals surface area contributed by atoms with Crippen LogP contribution in [0.2, 0.25) is 0 Å². The second kappa shape index (κ2) is 5.06. The Bertz CT molecular complexity index is 482. The highest BCUT2D eigenvalue weighted by molar-refractivity contribution is 9.10. The number of rotatable bonds is 4. The van der Waals surface area contributed by atoms with Gasteiger partial charge < -0.3 is 10.4 Å². The maximum absolute atomic E-state index is 13.5. The number of hydrogen-bond acceptors (Lipinski definition) is 2. The normalized spacial score (nSPS) is 16.1. The average molecular weight is 316 g/mol. The Labute approximate surface area is 111 Å². The van der Waals surface area contributed by atoms with Gasteiger partial charge in [0.1, 0.15) is 11.9 Å². The van der Waals surface area contributed by atoms with Crippen LogP contribution in [0, 0.1) is 11.7 Å². The van der Waals surface area contributed by atoms with Crippen molar-refractivity contribution in [2.24, 2.45) is 5.92 Å². The Kier molecular flexibility index (Phi) is 3.65. The minimum Gasteiger partial charge on any atom is -0.480 e. The summed E-state index contributed by atoms with van der Waals surface area (Å²) in [6.07, 6.45) is 1.55. The molecule has 0 spiro atoms. The number of benzene rings is 1. The number of carboxylic acid groups (broad SMARTS) is 1. The van der Waals surface area contributed by atoms with Gasteiger partial charge in [-0.05, 0) is 46.8 Å². The molecule has 1 saturated carbocycles. The van der Waals surface area contributed by atoms with Crippen molar-refractivity contribution in [2.45, 2.75) is 18.9 Å². The van der Waals surface area contributed by atoms with Gasteiger partial charge >= 0.3 is 5.97 Å². The van der Waals surface area contributed by atoms with E-state index >= 15 is 0 Å². The fourth-order valence-electron chi connectivity index (χ4n) is 1.74. The van der Waals surface area contributed by atoms with Crippen LogP contribution in [0.1, 0.15) is 23.2 Å². The van der Waals surface area contributed by atoms with E-state index in [-0.39, 0.29) is 11.5 Å². The summed E-state index contributed by atoms with van der Waals surface area (Å²) in [5.74, 6) is -2.52. The molecule has 1 atom stereocenters. The third-order valence-electron chi connectivity index (χ3n) is 2.84. The van der Waals surface area contributed by atoms with Gasteiger partial charge in [0.15, 0.2) is 0 Å². The largest absolute Gasteiger partial charge is 0.480 e. The Morgan fingerprint density at radius 3 is 2.61 bits per heavy atom. The first kappa shape index (κ1) is 13.0. The van der Waals surface area contributed by atoms with Gasteiger partial charge in [-0.1, -0.05) is 6.07 Å². The lowest BCUT2D eigenvalue weighted by Gasteiger charge is -2.14. The molecule has 1 amide bonds. The second-order valence-electron chi connectivity index (χ2n) is 4.22. The van der Waals surface area contributed by atoms with Gasteiger partial charge in [-0.2, -0.15) is 0 Å². The highest BCUT2D eigenvalue weighted by atomic mass is 79.9. The van der Waals surface area contributed by atoms with E-state index in [1.807, 2.05) is 0 Å². The van der Waals surface area contributed by atoms with Crippen molar-refractivity contribution in [3.8, 4) is 0 Å². The molecule has 1 aliphatic carbocycles. The number of amides is 1. The summed E-state index contributed by atoms with van der Waals surface area (Å²) in [5.41, 5.74) is -0.163. The van der Waals surface area contributed by atoms with Crippen molar-refractivity contribution in [3.05, 3.63) is 34.1 Å². The second-order valence-corrected chi connectivity index (χ2v) is 5.08. The summed E-state index contributed by atoms with van der Waals surface area (Å²) in [6, 6.07) is 3.22. The monoisotopic (exact) mass is 315 g/mol. The molecule has 0 radical (unpaired) electrons. The molecule has 6 heteroatoms. The highest BCUT2D eigenvalue weighted by Crippen LogP contribution is 2.33. The Balaban J connectivity index is 2.18. The summed E-state index contributed by atoms with van der Waals surface area (Å²) >= 11 is 3.08. The lowest BCUT2D eigenvalue weighted by atomic mass is 10.1. The number of carbonyl (C=O) groups is 2. The van der Waals surface area contributed by atoms with Gasteiger partial charge in [0.25, 0.3) is 5.91 Å². The number of nitrogens with one attached hydrogen (secondary N) is 1. The fourth-order valence-corrected chi connectivity index (χ4v) is 2.26. The fraction of sp³-hybridized carbons (Fsp3) is 0.333. The van der Waals surface area contributed by atoms with Crippen molar-refractivity contribution in [3.63, 3.8) is 0 Å². The zero-order chi connectivity index (χ0) is 13.3. The van der Waals surface area contributed by atoms with Crippen molar-refractivity contribution in [2.75, 3.05) is 0 Å². The van der Waals surface area contributed by atoms with E-state index in [0.717, 1.165) is 18.9 Å². The summed E-state index contributed by atoms with van der Waals surface area (Å²) in [7, 11) is 0. The Morgan fingerprint density at radius 2 is 2.11 bits per heavy atom. The van der Waals surface area contributed by atoms with E-state index < -0.39 is 23.7 Å². The van der Waals surface area contributed by atoms with Crippen molar-refractivity contribution in [1.82, 2.24) is 5.32 Å².